The number of anilines is 1. The van der Waals surface area contributed by atoms with Crippen molar-refractivity contribution >= 4 is 5.82 Å². The van der Waals surface area contributed by atoms with Crippen molar-refractivity contribution in [3.63, 3.8) is 0 Å². The van der Waals surface area contributed by atoms with E-state index in [1.165, 1.54) is 0 Å². The number of ether oxygens (including phenoxy) is 1. The summed E-state index contributed by atoms with van der Waals surface area (Å²) in [5.74, 6) is 1.53. The molecule has 2 aromatic heterocycles. The maximum atomic E-state index is 5.49. The molecule has 2 aromatic rings. The van der Waals surface area contributed by atoms with Gasteiger partial charge in [-0.05, 0) is 33.8 Å². The number of nitrogens with zero attached hydrogens (tertiary/aromatic N) is 3. The van der Waals surface area contributed by atoms with Gasteiger partial charge in [0.1, 0.15) is 11.4 Å². The smallest absolute Gasteiger partial charge is 0.152 e. The monoisotopic (exact) mass is 272 g/mol. The first-order valence-electron chi connectivity index (χ1n) is 6.83. The van der Waals surface area contributed by atoms with Crippen LogP contribution in [0.4, 0.5) is 5.82 Å². The van der Waals surface area contributed by atoms with E-state index in [0.29, 0.717) is 6.61 Å². The van der Waals surface area contributed by atoms with Gasteiger partial charge in [0.05, 0.1) is 24.2 Å². The van der Waals surface area contributed by atoms with Crippen molar-refractivity contribution in [3.8, 4) is 17.0 Å². The van der Waals surface area contributed by atoms with Gasteiger partial charge in [0.15, 0.2) is 5.82 Å². The predicted octanol–water partition coefficient (Wildman–Crippen LogP) is 2.99. The molecule has 106 valence electrons. The highest BCUT2D eigenvalue weighted by atomic mass is 16.5. The summed E-state index contributed by atoms with van der Waals surface area (Å²) in [4.78, 5) is 13.4. The molecule has 0 aliphatic heterocycles. The zero-order valence-corrected chi connectivity index (χ0v) is 12.4. The van der Waals surface area contributed by atoms with Crippen LogP contribution in [0.1, 0.15) is 25.2 Å². The second-order valence-corrected chi connectivity index (χ2v) is 4.46. The first-order valence-corrected chi connectivity index (χ1v) is 6.83. The molecule has 2 heterocycles. The van der Waals surface area contributed by atoms with Crippen LogP contribution < -0.4 is 10.1 Å². The Kier molecular flexibility index (Phi) is 4.50. The molecule has 0 atom stereocenters. The Morgan fingerprint density at radius 3 is 2.55 bits per heavy atom. The lowest BCUT2D eigenvalue weighted by molar-refractivity contribution is 0.339. The Balaban J connectivity index is 2.50. The zero-order valence-electron chi connectivity index (χ0n) is 12.4. The Labute approximate surface area is 119 Å². The van der Waals surface area contributed by atoms with E-state index in [1.807, 2.05) is 33.8 Å². The Morgan fingerprint density at radius 2 is 1.85 bits per heavy atom. The van der Waals surface area contributed by atoms with Crippen molar-refractivity contribution in [3.05, 3.63) is 29.8 Å². The topological polar surface area (TPSA) is 59.9 Å². The molecule has 1 N–H and O–H groups in total. The molecule has 20 heavy (non-hydrogen) atoms. The molecule has 0 saturated heterocycles. The van der Waals surface area contributed by atoms with E-state index in [2.05, 4.69) is 20.3 Å². The molecule has 0 amide bonds. The molecule has 0 bridgehead atoms. The molecular formula is C15H20N4O. The van der Waals surface area contributed by atoms with Crippen LogP contribution in [0.25, 0.3) is 11.3 Å². The van der Waals surface area contributed by atoms with Gasteiger partial charge in [-0.15, -0.1) is 0 Å². The van der Waals surface area contributed by atoms with Gasteiger partial charge in [-0.3, -0.25) is 4.98 Å². The zero-order chi connectivity index (χ0) is 14.5. The molecule has 5 heteroatoms. The van der Waals surface area contributed by atoms with Crippen LogP contribution in [0, 0.1) is 13.8 Å². The van der Waals surface area contributed by atoms with Crippen molar-refractivity contribution in [2.75, 3.05) is 18.5 Å². The summed E-state index contributed by atoms with van der Waals surface area (Å²) in [7, 11) is 0. The summed E-state index contributed by atoms with van der Waals surface area (Å²) in [6.45, 7) is 9.32. The predicted molar refractivity (Wildman–Crippen MR) is 80.1 cm³/mol. The lowest BCUT2D eigenvalue weighted by atomic mass is 10.2. The lowest BCUT2D eigenvalue weighted by Gasteiger charge is -2.12. The van der Waals surface area contributed by atoms with Crippen LogP contribution in [-0.4, -0.2) is 28.1 Å². The van der Waals surface area contributed by atoms with Gasteiger partial charge < -0.3 is 10.1 Å². The number of aromatic nitrogens is 3. The van der Waals surface area contributed by atoms with Crippen LogP contribution in [-0.2, 0) is 0 Å². The summed E-state index contributed by atoms with van der Waals surface area (Å²) >= 11 is 0. The van der Waals surface area contributed by atoms with Gasteiger partial charge in [-0.2, -0.15) is 0 Å². The number of hydrogen-bond acceptors (Lipinski definition) is 5. The molecule has 0 saturated carbocycles. The van der Waals surface area contributed by atoms with Crippen molar-refractivity contribution in [2.24, 2.45) is 0 Å². The number of rotatable bonds is 5. The molecule has 0 unspecified atom stereocenters. The van der Waals surface area contributed by atoms with E-state index in [-0.39, 0.29) is 0 Å². The van der Waals surface area contributed by atoms with Crippen LogP contribution in [0.3, 0.4) is 0 Å². The van der Waals surface area contributed by atoms with Crippen molar-refractivity contribution in [1.29, 1.82) is 0 Å². The fourth-order valence-corrected chi connectivity index (χ4v) is 1.89. The molecule has 0 radical (unpaired) electrons. The standard InChI is InChI=1S/C15H20N4O/c1-5-17-15-14(18-10(3)11(4)19-15)12-7-13(20-6-2)9-16-8-12/h7-9H,5-6H2,1-4H3,(H,17,19). The molecule has 0 aromatic carbocycles. The maximum Gasteiger partial charge on any atom is 0.152 e. The minimum Gasteiger partial charge on any atom is -0.492 e. The first kappa shape index (κ1) is 14.2. The highest BCUT2D eigenvalue weighted by Gasteiger charge is 2.12. The van der Waals surface area contributed by atoms with Crippen molar-refractivity contribution < 1.29 is 4.74 Å². The lowest BCUT2D eigenvalue weighted by Crippen LogP contribution is -2.06. The van der Waals surface area contributed by atoms with E-state index in [1.54, 1.807) is 12.4 Å². The normalized spacial score (nSPS) is 10.4. The van der Waals surface area contributed by atoms with Crippen LogP contribution in [0.5, 0.6) is 5.75 Å². The second-order valence-electron chi connectivity index (χ2n) is 4.46. The molecular weight excluding hydrogens is 252 g/mol. The fourth-order valence-electron chi connectivity index (χ4n) is 1.89. The second kappa shape index (κ2) is 6.32. The van der Waals surface area contributed by atoms with Crippen molar-refractivity contribution in [1.82, 2.24) is 15.0 Å². The minimum absolute atomic E-state index is 0.615. The maximum absolute atomic E-state index is 5.49. The fraction of sp³-hybridized carbons (Fsp3) is 0.400. The number of hydrogen-bond donors (Lipinski definition) is 1. The van der Waals surface area contributed by atoms with Crippen molar-refractivity contribution in [2.45, 2.75) is 27.7 Å². The Bertz CT molecular complexity index is 598. The largest absolute Gasteiger partial charge is 0.492 e. The van der Waals surface area contributed by atoms with Crippen LogP contribution in [0.2, 0.25) is 0 Å². The van der Waals surface area contributed by atoms with E-state index < -0.39 is 0 Å². The first-order chi connectivity index (χ1) is 9.65. The summed E-state index contributed by atoms with van der Waals surface area (Å²) in [5, 5.41) is 3.25. The van der Waals surface area contributed by atoms with Gasteiger partial charge in [-0.1, -0.05) is 0 Å². The number of nitrogens with one attached hydrogen (secondary N) is 1. The van der Waals surface area contributed by atoms with E-state index >= 15 is 0 Å². The Morgan fingerprint density at radius 1 is 1.10 bits per heavy atom. The number of pyridine rings is 1. The summed E-state index contributed by atoms with van der Waals surface area (Å²) in [5.41, 5.74) is 3.56. The number of aryl methyl sites for hydroxylation is 2. The van der Waals surface area contributed by atoms with E-state index in [9.17, 15) is 0 Å². The highest BCUT2D eigenvalue weighted by molar-refractivity contribution is 5.72. The summed E-state index contributed by atoms with van der Waals surface area (Å²) in [6, 6.07) is 1.94. The van der Waals surface area contributed by atoms with Gasteiger partial charge in [-0.25, -0.2) is 9.97 Å². The minimum atomic E-state index is 0.615. The third-order valence-electron chi connectivity index (χ3n) is 2.95. The molecule has 5 nitrogen and oxygen atoms in total. The van der Waals surface area contributed by atoms with E-state index in [0.717, 1.165) is 40.8 Å². The van der Waals surface area contributed by atoms with Crippen LogP contribution in [0.15, 0.2) is 18.5 Å². The SMILES string of the molecule is CCNc1nc(C)c(C)nc1-c1cncc(OCC)c1. The van der Waals surface area contributed by atoms with Gasteiger partial charge in [0.25, 0.3) is 0 Å². The summed E-state index contributed by atoms with van der Waals surface area (Å²) in [6.07, 6.45) is 3.48. The summed E-state index contributed by atoms with van der Waals surface area (Å²) < 4.78 is 5.49. The van der Waals surface area contributed by atoms with Gasteiger partial charge in [0.2, 0.25) is 0 Å². The molecule has 0 aliphatic rings. The van der Waals surface area contributed by atoms with Gasteiger partial charge in [0, 0.05) is 18.3 Å². The highest BCUT2D eigenvalue weighted by Crippen LogP contribution is 2.27. The quantitative estimate of drug-likeness (QED) is 0.906. The third-order valence-corrected chi connectivity index (χ3v) is 2.95. The third kappa shape index (κ3) is 3.04. The van der Waals surface area contributed by atoms with E-state index in [4.69, 9.17) is 4.74 Å². The van der Waals surface area contributed by atoms with Gasteiger partial charge >= 0.3 is 0 Å². The molecule has 0 aliphatic carbocycles. The molecule has 0 spiro atoms. The van der Waals surface area contributed by atoms with Crippen LogP contribution >= 0.6 is 0 Å². The molecule has 2 rings (SSSR count). The Hall–Kier alpha value is -2.17. The average molecular weight is 272 g/mol. The molecule has 0 fully saturated rings. The average Bonchev–Trinajstić information content (AvgIpc) is 2.43.